The molecule has 2 aromatic heterocycles. The SMILES string of the molecule is O=C(Nc1nc(-c2cc([N+](=O)[O-])c3[nH]ccc3c2)cs1)[C@@H]1CCCN1C(=O)OCc1ccccc1. The molecule has 35 heavy (non-hydrogen) atoms. The number of rotatable bonds is 6. The number of carbonyl (C=O) groups is 2. The van der Waals surface area contributed by atoms with Crippen LogP contribution in [0.2, 0.25) is 0 Å². The Bertz CT molecular complexity index is 1400. The van der Waals surface area contributed by atoms with Crippen molar-refractivity contribution in [2.75, 3.05) is 11.9 Å². The molecule has 11 heteroatoms. The molecular formula is C24H21N5O5S. The first-order valence-electron chi connectivity index (χ1n) is 11.0. The van der Waals surface area contributed by atoms with Crippen molar-refractivity contribution in [1.29, 1.82) is 0 Å². The molecule has 178 valence electrons. The van der Waals surface area contributed by atoms with Gasteiger partial charge in [0, 0.05) is 35.1 Å². The summed E-state index contributed by atoms with van der Waals surface area (Å²) in [5.74, 6) is -0.341. The van der Waals surface area contributed by atoms with Crippen molar-refractivity contribution in [2.24, 2.45) is 0 Å². The van der Waals surface area contributed by atoms with E-state index in [4.69, 9.17) is 4.74 Å². The molecular weight excluding hydrogens is 470 g/mol. The Kier molecular flexibility index (Phi) is 6.15. The number of aromatic amines is 1. The minimum atomic E-state index is -0.650. The number of fused-ring (bicyclic) bond motifs is 1. The first-order valence-corrected chi connectivity index (χ1v) is 11.9. The molecule has 0 aliphatic carbocycles. The number of nitrogens with zero attached hydrogens (tertiary/aromatic N) is 3. The van der Waals surface area contributed by atoms with Crippen molar-refractivity contribution in [3.63, 3.8) is 0 Å². The van der Waals surface area contributed by atoms with Crippen LogP contribution in [0.25, 0.3) is 22.2 Å². The van der Waals surface area contributed by atoms with Gasteiger partial charge < -0.3 is 15.0 Å². The lowest BCUT2D eigenvalue weighted by atomic mass is 10.1. The summed E-state index contributed by atoms with van der Waals surface area (Å²) >= 11 is 1.21. The van der Waals surface area contributed by atoms with E-state index in [1.807, 2.05) is 30.3 Å². The van der Waals surface area contributed by atoms with Gasteiger partial charge in [0.05, 0.1) is 10.6 Å². The summed E-state index contributed by atoms with van der Waals surface area (Å²) in [6, 6.07) is 13.7. The quantitative estimate of drug-likeness (QED) is 0.290. The zero-order valence-electron chi connectivity index (χ0n) is 18.5. The first kappa shape index (κ1) is 22.5. The fraction of sp³-hybridized carbons (Fsp3) is 0.208. The molecule has 2 amide bonds. The third kappa shape index (κ3) is 4.71. The summed E-state index contributed by atoms with van der Waals surface area (Å²) in [6.45, 7) is 0.577. The summed E-state index contributed by atoms with van der Waals surface area (Å²) in [4.78, 5) is 45.4. The molecule has 1 atom stereocenters. The number of ether oxygens (including phenoxy) is 1. The molecule has 1 aliphatic rings. The largest absolute Gasteiger partial charge is 0.445 e. The van der Waals surface area contributed by atoms with Crippen LogP contribution in [0.3, 0.4) is 0 Å². The number of carbonyl (C=O) groups excluding carboxylic acids is 2. The Labute approximate surface area is 203 Å². The Balaban J connectivity index is 1.27. The van der Waals surface area contributed by atoms with Crippen LogP contribution in [0.15, 0.2) is 60.1 Å². The van der Waals surface area contributed by atoms with E-state index in [-0.39, 0.29) is 18.2 Å². The lowest BCUT2D eigenvalue weighted by Crippen LogP contribution is -2.43. The van der Waals surface area contributed by atoms with Crippen LogP contribution >= 0.6 is 11.3 Å². The van der Waals surface area contributed by atoms with Gasteiger partial charge in [0.25, 0.3) is 5.69 Å². The monoisotopic (exact) mass is 491 g/mol. The van der Waals surface area contributed by atoms with E-state index >= 15 is 0 Å². The van der Waals surface area contributed by atoms with Crippen molar-refractivity contribution in [2.45, 2.75) is 25.5 Å². The molecule has 0 saturated carbocycles. The lowest BCUT2D eigenvalue weighted by Gasteiger charge is -2.22. The number of hydrogen-bond acceptors (Lipinski definition) is 7. The van der Waals surface area contributed by atoms with E-state index in [0.29, 0.717) is 46.7 Å². The normalized spacial score (nSPS) is 15.3. The van der Waals surface area contributed by atoms with Gasteiger partial charge in [0.1, 0.15) is 18.2 Å². The predicted octanol–water partition coefficient (Wildman–Crippen LogP) is 4.94. The first-order chi connectivity index (χ1) is 17.0. The average Bonchev–Trinajstić information content (AvgIpc) is 3.63. The van der Waals surface area contributed by atoms with Gasteiger partial charge in [-0.25, -0.2) is 9.78 Å². The van der Waals surface area contributed by atoms with E-state index in [1.165, 1.54) is 22.3 Å². The van der Waals surface area contributed by atoms with Gasteiger partial charge in [-0.3, -0.25) is 19.8 Å². The van der Waals surface area contributed by atoms with Crippen LogP contribution in [0, 0.1) is 10.1 Å². The molecule has 1 saturated heterocycles. The van der Waals surface area contributed by atoms with Crippen LogP contribution in [0.1, 0.15) is 18.4 Å². The molecule has 4 aromatic rings. The van der Waals surface area contributed by atoms with Gasteiger partial charge in [-0.2, -0.15) is 0 Å². The minimum absolute atomic E-state index is 0.0447. The lowest BCUT2D eigenvalue weighted by molar-refractivity contribution is -0.383. The summed E-state index contributed by atoms with van der Waals surface area (Å²) in [5.41, 5.74) is 2.36. The number of anilines is 1. The van der Waals surface area contributed by atoms with E-state index in [1.54, 1.807) is 23.7 Å². The van der Waals surface area contributed by atoms with Crippen LogP contribution in [0.5, 0.6) is 0 Å². The third-order valence-corrected chi connectivity index (χ3v) is 6.62. The second kappa shape index (κ2) is 9.55. The van der Waals surface area contributed by atoms with E-state index < -0.39 is 17.1 Å². The van der Waals surface area contributed by atoms with E-state index in [0.717, 1.165) is 5.56 Å². The number of thiazole rings is 1. The van der Waals surface area contributed by atoms with Crippen LogP contribution in [0.4, 0.5) is 15.6 Å². The molecule has 0 unspecified atom stereocenters. The molecule has 5 rings (SSSR count). The summed E-state index contributed by atoms with van der Waals surface area (Å²) < 4.78 is 5.40. The van der Waals surface area contributed by atoms with Crippen LogP contribution in [-0.4, -0.2) is 44.4 Å². The molecule has 0 bridgehead atoms. The topological polar surface area (TPSA) is 130 Å². The van der Waals surface area contributed by atoms with Gasteiger partial charge in [0.15, 0.2) is 5.13 Å². The maximum Gasteiger partial charge on any atom is 0.410 e. The zero-order valence-corrected chi connectivity index (χ0v) is 19.3. The number of amides is 2. The van der Waals surface area contributed by atoms with Gasteiger partial charge in [0.2, 0.25) is 5.91 Å². The highest BCUT2D eigenvalue weighted by atomic mass is 32.1. The molecule has 0 radical (unpaired) electrons. The second-order valence-corrected chi connectivity index (χ2v) is 8.97. The summed E-state index contributed by atoms with van der Waals surface area (Å²) in [6.07, 6.45) is 2.34. The van der Waals surface area contributed by atoms with Gasteiger partial charge >= 0.3 is 6.09 Å². The van der Waals surface area contributed by atoms with Gasteiger partial charge in [-0.05, 0) is 30.5 Å². The van der Waals surface area contributed by atoms with E-state index in [9.17, 15) is 19.7 Å². The van der Waals surface area contributed by atoms with Gasteiger partial charge in [-0.1, -0.05) is 30.3 Å². The second-order valence-electron chi connectivity index (χ2n) is 8.11. The number of non-ortho nitro benzene ring substituents is 1. The molecule has 2 aromatic carbocycles. The summed E-state index contributed by atoms with van der Waals surface area (Å²) in [7, 11) is 0. The third-order valence-electron chi connectivity index (χ3n) is 5.86. The Hall–Kier alpha value is -4.25. The highest BCUT2D eigenvalue weighted by molar-refractivity contribution is 7.14. The average molecular weight is 492 g/mol. The Morgan fingerprint density at radius 1 is 1.26 bits per heavy atom. The van der Waals surface area contributed by atoms with Crippen molar-refractivity contribution < 1.29 is 19.2 Å². The number of hydrogen-bond donors (Lipinski definition) is 2. The number of nitrogens with one attached hydrogen (secondary N) is 2. The molecule has 3 heterocycles. The van der Waals surface area contributed by atoms with Crippen molar-refractivity contribution in [3.05, 3.63) is 75.8 Å². The predicted molar refractivity (Wildman–Crippen MR) is 131 cm³/mol. The fourth-order valence-corrected chi connectivity index (χ4v) is 4.88. The highest BCUT2D eigenvalue weighted by Gasteiger charge is 2.35. The molecule has 0 spiro atoms. The number of benzene rings is 2. The number of nitro benzene ring substituents is 1. The molecule has 1 aliphatic heterocycles. The maximum atomic E-state index is 12.9. The van der Waals surface area contributed by atoms with E-state index in [2.05, 4.69) is 15.3 Å². The number of aromatic nitrogens is 2. The maximum absolute atomic E-state index is 12.9. The van der Waals surface area contributed by atoms with Gasteiger partial charge in [-0.15, -0.1) is 11.3 Å². The number of nitro groups is 1. The summed E-state index contributed by atoms with van der Waals surface area (Å²) in [5, 5.41) is 17.0. The van der Waals surface area contributed by atoms with Crippen molar-refractivity contribution in [3.8, 4) is 11.3 Å². The highest BCUT2D eigenvalue weighted by Crippen LogP contribution is 2.33. The standard InChI is InChI=1S/C24H21N5O5S/c30-22(19-7-4-10-28(19)24(31)34-13-15-5-2-1-3-6-15)27-23-26-18(14-35-23)17-11-16-8-9-25-21(16)20(12-17)29(32)33/h1-3,5-6,8-9,11-12,14,19,25H,4,7,10,13H2,(H,26,27,30)/t19-/m0/s1. The zero-order chi connectivity index (χ0) is 24.4. The molecule has 10 nitrogen and oxygen atoms in total. The molecule has 2 N–H and O–H groups in total. The minimum Gasteiger partial charge on any atom is -0.445 e. The number of H-pyrrole nitrogens is 1. The van der Waals surface area contributed by atoms with Crippen molar-refractivity contribution >= 4 is 45.1 Å². The van der Waals surface area contributed by atoms with Crippen LogP contribution in [-0.2, 0) is 16.1 Å². The van der Waals surface area contributed by atoms with Crippen molar-refractivity contribution in [1.82, 2.24) is 14.9 Å². The van der Waals surface area contributed by atoms with Crippen LogP contribution < -0.4 is 5.32 Å². The smallest absolute Gasteiger partial charge is 0.410 e. The number of likely N-dealkylation sites (tertiary alicyclic amines) is 1. The fourth-order valence-electron chi connectivity index (χ4n) is 4.16. The Morgan fingerprint density at radius 3 is 2.89 bits per heavy atom. The molecule has 1 fully saturated rings. The Morgan fingerprint density at radius 2 is 2.09 bits per heavy atom.